The summed E-state index contributed by atoms with van der Waals surface area (Å²) in [7, 11) is 1.85. The van der Waals surface area contributed by atoms with Gasteiger partial charge in [-0.05, 0) is 49.3 Å². The van der Waals surface area contributed by atoms with Gasteiger partial charge in [-0.1, -0.05) is 0 Å². The van der Waals surface area contributed by atoms with Crippen molar-refractivity contribution in [3.05, 3.63) is 39.3 Å². The highest BCUT2D eigenvalue weighted by atomic mass is 32.1. The van der Waals surface area contributed by atoms with Crippen molar-refractivity contribution in [3.8, 4) is 0 Å². The van der Waals surface area contributed by atoms with Crippen LogP contribution in [0, 0.1) is 6.92 Å². The number of rotatable bonds is 2. The van der Waals surface area contributed by atoms with Crippen LogP contribution >= 0.6 is 11.3 Å². The van der Waals surface area contributed by atoms with Gasteiger partial charge in [-0.2, -0.15) is 5.10 Å². The minimum Gasteiger partial charge on any atom is -0.337 e. The lowest BCUT2D eigenvalue weighted by molar-refractivity contribution is 0.0590. The molecule has 1 amide bonds. The van der Waals surface area contributed by atoms with Crippen LogP contribution in [0.2, 0.25) is 0 Å². The number of hydrogen-bond donors (Lipinski definition) is 0. The zero-order valence-corrected chi connectivity index (χ0v) is 15.2. The van der Waals surface area contributed by atoms with Gasteiger partial charge in [-0.15, -0.1) is 11.3 Å². The molecular weight excluding hydrogens is 320 g/mol. The molecule has 2 aliphatic rings. The fraction of sp³-hybridized carbons (Fsp3) is 0.556. The molecule has 4 rings (SSSR count). The highest BCUT2D eigenvalue weighted by Crippen LogP contribution is 2.28. The van der Waals surface area contributed by atoms with Crippen LogP contribution in [0.25, 0.3) is 0 Å². The van der Waals surface area contributed by atoms with Crippen LogP contribution in [0.15, 0.2) is 17.5 Å². The SMILES string of the molecule is Cc1cc(C(=O)N2CCC(N3CCc4sccc4C3)CC2)n(C)n1. The number of nitrogens with zero attached hydrogens (tertiary/aromatic N) is 4. The molecule has 1 fully saturated rings. The summed E-state index contributed by atoms with van der Waals surface area (Å²) in [6.07, 6.45) is 3.32. The minimum absolute atomic E-state index is 0.121. The highest BCUT2D eigenvalue weighted by Gasteiger charge is 2.30. The van der Waals surface area contributed by atoms with Crippen LogP contribution in [-0.2, 0) is 20.0 Å². The largest absolute Gasteiger partial charge is 0.337 e. The van der Waals surface area contributed by atoms with Crippen molar-refractivity contribution in [2.75, 3.05) is 19.6 Å². The molecule has 2 aliphatic heterocycles. The van der Waals surface area contributed by atoms with Crippen LogP contribution in [0.5, 0.6) is 0 Å². The van der Waals surface area contributed by atoms with Gasteiger partial charge < -0.3 is 4.90 Å². The molecule has 6 heteroatoms. The van der Waals surface area contributed by atoms with E-state index in [1.165, 1.54) is 12.0 Å². The normalized spacial score (nSPS) is 19.5. The molecule has 0 saturated carbocycles. The smallest absolute Gasteiger partial charge is 0.272 e. The van der Waals surface area contributed by atoms with Crippen molar-refractivity contribution < 1.29 is 4.79 Å². The number of amides is 1. The number of thiophene rings is 1. The van der Waals surface area contributed by atoms with Gasteiger partial charge in [0.05, 0.1) is 5.69 Å². The van der Waals surface area contributed by atoms with Crippen molar-refractivity contribution in [1.29, 1.82) is 0 Å². The number of fused-ring (bicyclic) bond motifs is 1. The predicted octanol–water partition coefficient (Wildman–Crippen LogP) is 2.45. The van der Waals surface area contributed by atoms with Crippen molar-refractivity contribution in [3.63, 3.8) is 0 Å². The number of aryl methyl sites for hydroxylation is 2. The second-order valence-corrected chi connectivity index (χ2v) is 7.91. The van der Waals surface area contributed by atoms with Gasteiger partial charge >= 0.3 is 0 Å². The Hall–Kier alpha value is -1.66. The second kappa shape index (κ2) is 6.33. The Balaban J connectivity index is 1.37. The van der Waals surface area contributed by atoms with Gasteiger partial charge in [0.2, 0.25) is 0 Å². The Bertz CT molecular complexity index is 742. The minimum atomic E-state index is 0.121. The predicted molar refractivity (Wildman–Crippen MR) is 95.3 cm³/mol. The fourth-order valence-corrected chi connectivity index (χ4v) is 4.88. The van der Waals surface area contributed by atoms with Crippen LogP contribution in [0.4, 0.5) is 0 Å². The van der Waals surface area contributed by atoms with Crippen LogP contribution in [0.3, 0.4) is 0 Å². The van der Waals surface area contributed by atoms with Crippen molar-refractivity contribution >= 4 is 17.2 Å². The third-order valence-corrected chi connectivity index (χ3v) is 6.35. The maximum absolute atomic E-state index is 12.7. The van der Waals surface area contributed by atoms with E-state index in [0.717, 1.165) is 44.7 Å². The third kappa shape index (κ3) is 2.89. The van der Waals surface area contributed by atoms with E-state index in [4.69, 9.17) is 0 Å². The lowest BCUT2D eigenvalue weighted by atomic mass is 9.99. The van der Waals surface area contributed by atoms with Gasteiger partial charge in [0.1, 0.15) is 5.69 Å². The summed E-state index contributed by atoms with van der Waals surface area (Å²) >= 11 is 1.89. The molecule has 0 aliphatic carbocycles. The molecule has 2 aromatic heterocycles. The molecule has 5 nitrogen and oxygen atoms in total. The topological polar surface area (TPSA) is 41.4 Å². The van der Waals surface area contributed by atoms with Crippen molar-refractivity contribution in [2.24, 2.45) is 7.05 Å². The van der Waals surface area contributed by atoms with E-state index in [-0.39, 0.29) is 5.91 Å². The molecule has 0 N–H and O–H groups in total. The summed E-state index contributed by atoms with van der Waals surface area (Å²) < 4.78 is 1.70. The molecule has 24 heavy (non-hydrogen) atoms. The van der Waals surface area contributed by atoms with Gasteiger partial charge in [0.15, 0.2) is 0 Å². The van der Waals surface area contributed by atoms with E-state index >= 15 is 0 Å². The molecular formula is C18H24N4OS. The Morgan fingerprint density at radius 1 is 1.29 bits per heavy atom. The molecule has 128 valence electrons. The second-order valence-electron chi connectivity index (χ2n) is 6.91. The number of aromatic nitrogens is 2. The van der Waals surface area contributed by atoms with Crippen molar-refractivity contribution in [1.82, 2.24) is 19.6 Å². The summed E-state index contributed by atoms with van der Waals surface area (Å²) in [5.74, 6) is 0.121. The van der Waals surface area contributed by atoms with E-state index in [1.54, 1.807) is 9.56 Å². The number of carbonyl (C=O) groups is 1. The van der Waals surface area contributed by atoms with E-state index in [9.17, 15) is 4.79 Å². The average Bonchev–Trinajstić information content (AvgIpc) is 3.19. The number of hydrogen-bond acceptors (Lipinski definition) is 4. The summed E-state index contributed by atoms with van der Waals surface area (Å²) in [5.41, 5.74) is 3.11. The van der Waals surface area contributed by atoms with Gasteiger partial charge in [0, 0.05) is 44.1 Å². The first-order valence-corrected chi connectivity index (χ1v) is 9.59. The maximum Gasteiger partial charge on any atom is 0.272 e. The molecule has 0 atom stereocenters. The zero-order valence-electron chi connectivity index (χ0n) is 14.4. The zero-order chi connectivity index (χ0) is 16.7. The highest BCUT2D eigenvalue weighted by molar-refractivity contribution is 7.10. The summed E-state index contributed by atoms with van der Waals surface area (Å²) in [4.78, 5) is 18.9. The molecule has 0 aromatic carbocycles. The number of likely N-dealkylation sites (tertiary alicyclic amines) is 1. The average molecular weight is 344 g/mol. The Kier molecular flexibility index (Phi) is 4.18. The van der Waals surface area contributed by atoms with E-state index in [0.29, 0.717) is 11.7 Å². The molecule has 0 unspecified atom stereocenters. The van der Waals surface area contributed by atoms with E-state index in [2.05, 4.69) is 21.4 Å². The summed E-state index contributed by atoms with van der Waals surface area (Å²) in [5, 5.41) is 6.51. The molecule has 2 aromatic rings. The molecule has 1 saturated heterocycles. The number of piperidine rings is 1. The Labute approximate surface area is 146 Å². The van der Waals surface area contributed by atoms with Gasteiger partial charge in [-0.25, -0.2) is 0 Å². The van der Waals surface area contributed by atoms with E-state index in [1.807, 2.05) is 36.3 Å². The Morgan fingerprint density at radius 2 is 2.08 bits per heavy atom. The first-order valence-electron chi connectivity index (χ1n) is 8.71. The van der Waals surface area contributed by atoms with Crippen LogP contribution < -0.4 is 0 Å². The molecule has 0 spiro atoms. The van der Waals surface area contributed by atoms with Crippen molar-refractivity contribution in [2.45, 2.75) is 38.8 Å². The standard InChI is InChI=1S/C18H24N4OS/c1-13-11-16(20(2)19-13)18(23)21-7-3-15(4-8-21)22-9-5-17-14(12-22)6-10-24-17/h6,10-11,15H,3-5,7-9,12H2,1-2H3. The molecule has 0 bridgehead atoms. The van der Waals surface area contributed by atoms with Crippen LogP contribution in [0.1, 0.15) is 39.5 Å². The molecule has 0 radical (unpaired) electrons. The first kappa shape index (κ1) is 15.8. The van der Waals surface area contributed by atoms with Gasteiger partial charge in [0.25, 0.3) is 5.91 Å². The Morgan fingerprint density at radius 3 is 2.79 bits per heavy atom. The first-order chi connectivity index (χ1) is 11.6. The van der Waals surface area contributed by atoms with Crippen LogP contribution in [-0.4, -0.2) is 51.2 Å². The lowest BCUT2D eigenvalue weighted by Crippen LogP contribution is -2.48. The lowest BCUT2D eigenvalue weighted by Gasteiger charge is -2.40. The van der Waals surface area contributed by atoms with Gasteiger partial charge in [-0.3, -0.25) is 14.4 Å². The summed E-state index contributed by atoms with van der Waals surface area (Å²) in [6.45, 7) is 5.87. The monoisotopic (exact) mass is 344 g/mol. The summed E-state index contributed by atoms with van der Waals surface area (Å²) in [6, 6.07) is 4.77. The maximum atomic E-state index is 12.7. The molecule has 4 heterocycles. The fourth-order valence-electron chi connectivity index (χ4n) is 3.99. The quantitative estimate of drug-likeness (QED) is 0.840. The number of carbonyl (C=O) groups excluding carboxylic acids is 1. The third-order valence-electron chi connectivity index (χ3n) is 5.33. The van der Waals surface area contributed by atoms with E-state index < -0.39 is 0 Å².